The summed E-state index contributed by atoms with van der Waals surface area (Å²) < 4.78 is 6.11. The van der Waals surface area contributed by atoms with E-state index in [1.54, 1.807) is 18.2 Å². The summed E-state index contributed by atoms with van der Waals surface area (Å²) in [7, 11) is 0. The molecule has 0 spiro atoms. The predicted octanol–water partition coefficient (Wildman–Crippen LogP) is 6.39. The van der Waals surface area contributed by atoms with Gasteiger partial charge in [0, 0.05) is 34.5 Å². The van der Waals surface area contributed by atoms with E-state index in [-0.39, 0.29) is 5.56 Å². The second-order valence-corrected chi connectivity index (χ2v) is 7.12. The third-order valence-corrected chi connectivity index (χ3v) is 5.12. The van der Waals surface area contributed by atoms with E-state index in [0.29, 0.717) is 0 Å². The minimum atomic E-state index is -0.951. The van der Waals surface area contributed by atoms with Crippen molar-refractivity contribution in [3.05, 3.63) is 103 Å². The molecule has 0 aliphatic heterocycles. The molecule has 5 heteroatoms. The highest BCUT2D eigenvalue weighted by Gasteiger charge is 2.13. The van der Waals surface area contributed by atoms with Crippen LogP contribution >= 0.6 is 0 Å². The third kappa shape index (κ3) is 3.65. The highest BCUT2D eigenvalue weighted by molar-refractivity contribution is 5.98. The van der Waals surface area contributed by atoms with Crippen molar-refractivity contribution in [1.82, 2.24) is 9.97 Å². The number of hydrogen-bond donors (Lipinski definition) is 2. The second kappa shape index (κ2) is 7.80. The molecular formula is C26H18N2O3. The van der Waals surface area contributed by atoms with Gasteiger partial charge in [-0.1, -0.05) is 48.5 Å². The van der Waals surface area contributed by atoms with Gasteiger partial charge in [-0.05, 0) is 42.0 Å². The van der Waals surface area contributed by atoms with E-state index in [1.807, 2.05) is 73.1 Å². The molecule has 0 unspecified atom stereocenters. The van der Waals surface area contributed by atoms with Gasteiger partial charge < -0.3 is 14.8 Å². The van der Waals surface area contributed by atoms with Crippen molar-refractivity contribution in [2.24, 2.45) is 0 Å². The molecule has 150 valence electrons. The molecular weight excluding hydrogens is 388 g/mol. The first kappa shape index (κ1) is 18.6. The van der Waals surface area contributed by atoms with Crippen molar-refractivity contribution in [1.29, 1.82) is 0 Å². The second-order valence-electron chi connectivity index (χ2n) is 7.12. The molecule has 0 bridgehead atoms. The largest absolute Gasteiger partial charge is 0.478 e. The average molecular weight is 406 g/mol. The first-order chi connectivity index (χ1) is 15.2. The Labute approximate surface area is 178 Å². The van der Waals surface area contributed by atoms with Crippen LogP contribution in [0.15, 0.2) is 97.3 Å². The van der Waals surface area contributed by atoms with E-state index >= 15 is 0 Å². The first-order valence-corrected chi connectivity index (χ1v) is 9.82. The normalized spacial score (nSPS) is 10.8. The summed E-state index contributed by atoms with van der Waals surface area (Å²) >= 11 is 0. The maximum Gasteiger partial charge on any atom is 0.335 e. The molecule has 0 aliphatic carbocycles. The Balaban J connectivity index is 1.60. The molecule has 0 fully saturated rings. The fourth-order valence-electron chi connectivity index (χ4n) is 3.62. The zero-order valence-corrected chi connectivity index (χ0v) is 16.4. The molecule has 2 aromatic heterocycles. The number of aromatic carboxylic acids is 1. The van der Waals surface area contributed by atoms with Gasteiger partial charge in [0.2, 0.25) is 0 Å². The van der Waals surface area contributed by atoms with Gasteiger partial charge in [0.05, 0.1) is 5.56 Å². The number of hydrogen-bond acceptors (Lipinski definition) is 3. The lowest BCUT2D eigenvalue weighted by Crippen LogP contribution is -1.95. The summed E-state index contributed by atoms with van der Waals surface area (Å²) in [4.78, 5) is 19.1. The molecule has 5 rings (SSSR count). The molecule has 2 N–H and O–H groups in total. The van der Waals surface area contributed by atoms with Crippen LogP contribution in [0.5, 0.6) is 11.5 Å². The summed E-state index contributed by atoms with van der Waals surface area (Å²) in [6, 6.07) is 26.4. The van der Waals surface area contributed by atoms with Crippen LogP contribution in [0.25, 0.3) is 33.3 Å². The van der Waals surface area contributed by atoms with Crippen LogP contribution in [0.2, 0.25) is 0 Å². The molecule has 3 aromatic carbocycles. The van der Waals surface area contributed by atoms with Crippen molar-refractivity contribution < 1.29 is 14.6 Å². The SMILES string of the molecule is O=C(O)c1cccc(-c2c[nH]c3ncc(-c4ccccc4Oc4ccccc4)cc23)c1. The maximum absolute atomic E-state index is 11.4. The van der Waals surface area contributed by atoms with E-state index < -0.39 is 5.97 Å². The van der Waals surface area contributed by atoms with Gasteiger partial charge in [0.15, 0.2) is 0 Å². The Morgan fingerprint density at radius 2 is 1.65 bits per heavy atom. The number of carboxylic acid groups (broad SMARTS) is 1. The van der Waals surface area contributed by atoms with Gasteiger partial charge in [-0.25, -0.2) is 9.78 Å². The lowest BCUT2D eigenvalue weighted by atomic mass is 10.0. The lowest BCUT2D eigenvalue weighted by Gasteiger charge is -2.11. The summed E-state index contributed by atoms with van der Waals surface area (Å²) in [6.45, 7) is 0. The smallest absolute Gasteiger partial charge is 0.335 e. The zero-order chi connectivity index (χ0) is 21.2. The first-order valence-electron chi connectivity index (χ1n) is 9.82. The van der Waals surface area contributed by atoms with Crippen LogP contribution < -0.4 is 4.74 Å². The molecule has 5 nitrogen and oxygen atoms in total. The van der Waals surface area contributed by atoms with Gasteiger partial charge in [0.25, 0.3) is 0 Å². The molecule has 0 atom stereocenters. The molecule has 0 saturated carbocycles. The van der Waals surface area contributed by atoms with Gasteiger partial charge in [-0.2, -0.15) is 0 Å². The van der Waals surface area contributed by atoms with Crippen LogP contribution in [0.3, 0.4) is 0 Å². The van der Waals surface area contributed by atoms with Crippen molar-refractivity contribution in [3.8, 4) is 33.8 Å². The highest BCUT2D eigenvalue weighted by Crippen LogP contribution is 2.36. The van der Waals surface area contributed by atoms with Crippen LogP contribution in [0.1, 0.15) is 10.4 Å². The molecule has 2 heterocycles. The topological polar surface area (TPSA) is 75.2 Å². The quantitative estimate of drug-likeness (QED) is 0.355. The van der Waals surface area contributed by atoms with Gasteiger partial charge >= 0.3 is 5.97 Å². The number of nitrogens with zero attached hydrogens (tertiary/aromatic N) is 1. The van der Waals surface area contributed by atoms with Gasteiger partial charge in [-0.3, -0.25) is 0 Å². The van der Waals surface area contributed by atoms with Crippen LogP contribution in [0, 0.1) is 0 Å². The standard InChI is InChI=1S/C26H18N2O3/c29-26(30)18-8-6-7-17(13-18)23-16-28-25-22(23)14-19(15-27-25)21-11-4-5-12-24(21)31-20-9-2-1-3-10-20/h1-16H,(H,27,28)(H,29,30). The Bertz CT molecular complexity index is 1390. The lowest BCUT2D eigenvalue weighted by molar-refractivity contribution is 0.0697. The molecule has 31 heavy (non-hydrogen) atoms. The van der Waals surface area contributed by atoms with Crippen LogP contribution in [-0.4, -0.2) is 21.0 Å². The number of rotatable bonds is 5. The van der Waals surface area contributed by atoms with Crippen molar-refractivity contribution in [3.63, 3.8) is 0 Å². The number of H-pyrrole nitrogens is 1. The number of aromatic nitrogens is 2. The fraction of sp³-hybridized carbons (Fsp3) is 0. The Morgan fingerprint density at radius 3 is 2.48 bits per heavy atom. The predicted molar refractivity (Wildman–Crippen MR) is 120 cm³/mol. The van der Waals surface area contributed by atoms with E-state index in [4.69, 9.17) is 4.74 Å². The molecule has 0 saturated heterocycles. The Hall–Kier alpha value is -4.38. The monoisotopic (exact) mass is 406 g/mol. The van der Waals surface area contributed by atoms with E-state index in [9.17, 15) is 9.90 Å². The highest BCUT2D eigenvalue weighted by atomic mass is 16.5. The fourth-order valence-corrected chi connectivity index (χ4v) is 3.62. The molecule has 5 aromatic rings. The van der Waals surface area contributed by atoms with E-state index in [0.717, 1.165) is 44.8 Å². The number of nitrogens with one attached hydrogen (secondary N) is 1. The number of benzene rings is 3. The van der Waals surface area contributed by atoms with Gasteiger partial charge in [0.1, 0.15) is 17.1 Å². The maximum atomic E-state index is 11.4. The van der Waals surface area contributed by atoms with E-state index in [2.05, 4.69) is 16.0 Å². The number of pyridine rings is 1. The number of fused-ring (bicyclic) bond motifs is 1. The Morgan fingerprint density at radius 1 is 0.839 bits per heavy atom. The summed E-state index contributed by atoms with van der Waals surface area (Å²) in [6.07, 6.45) is 3.66. The summed E-state index contributed by atoms with van der Waals surface area (Å²) in [5.41, 5.74) is 4.53. The van der Waals surface area contributed by atoms with Crippen LogP contribution in [0.4, 0.5) is 0 Å². The molecule has 0 amide bonds. The minimum absolute atomic E-state index is 0.248. The van der Waals surface area contributed by atoms with Crippen molar-refractivity contribution >= 4 is 17.0 Å². The minimum Gasteiger partial charge on any atom is -0.478 e. The number of para-hydroxylation sites is 2. The molecule has 0 radical (unpaired) electrons. The molecule has 0 aliphatic rings. The summed E-state index contributed by atoms with van der Waals surface area (Å²) in [5, 5.41) is 10.2. The number of ether oxygens (including phenoxy) is 1. The number of aromatic amines is 1. The van der Waals surface area contributed by atoms with Gasteiger partial charge in [-0.15, -0.1) is 0 Å². The van der Waals surface area contributed by atoms with E-state index in [1.165, 1.54) is 0 Å². The zero-order valence-electron chi connectivity index (χ0n) is 16.4. The van der Waals surface area contributed by atoms with Crippen LogP contribution in [-0.2, 0) is 0 Å². The number of carbonyl (C=O) groups is 1. The van der Waals surface area contributed by atoms with Crippen molar-refractivity contribution in [2.45, 2.75) is 0 Å². The van der Waals surface area contributed by atoms with Crippen molar-refractivity contribution in [2.75, 3.05) is 0 Å². The average Bonchev–Trinajstić information content (AvgIpc) is 3.23. The Kier molecular flexibility index (Phi) is 4.69. The summed E-state index contributed by atoms with van der Waals surface area (Å²) in [5.74, 6) is 0.545. The third-order valence-electron chi connectivity index (χ3n) is 5.12. The number of carboxylic acids is 1.